The van der Waals surface area contributed by atoms with Gasteiger partial charge >= 0.3 is 0 Å². The number of unbranched alkanes of at least 4 members (excludes halogenated alkanes) is 1. The summed E-state index contributed by atoms with van der Waals surface area (Å²) in [5, 5.41) is 4.15. The molecule has 1 saturated heterocycles. The molecule has 1 aliphatic rings. The van der Waals surface area contributed by atoms with Gasteiger partial charge in [-0.15, -0.1) is 0 Å². The van der Waals surface area contributed by atoms with E-state index in [-0.39, 0.29) is 0 Å². The predicted octanol–water partition coefficient (Wildman–Crippen LogP) is 3.53. The number of hydrogen-bond donors (Lipinski definition) is 0. The number of carbonyl (C=O) groups is 1. The Morgan fingerprint density at radius 3 is 2.87 bits per heavy atom. The highest BCUT2D eigenvalue weighted by molar-refractivity contribution is 5.85. The molecule has 7 heteroatoms. The van der Waals surface area contributed by atoms with Gasteiger partial charge < -0.3 is 19.3 Å². The number of hydrogen-bond acceptors (Lipinski definition) is 6. The molecule has 1 aromatic carbocycles. The molecule has 7 nitrogen and oxygen atoms in total. The van der Waals surface area contributed by atoms with E-state index in [1.54, 1.807) is 17.8 Å². The van der Waals surface area contributed by atoms with Gasteiger partial charge in [-0.1, -0.05) is 12.1 Å². The van der Waals surface area contributed by atoms with Crippen LogP contribution in [0.3, 0.4) is 0 Å². The van der Waals surface area contributed by atoms with Crippen molar-refractivity contribution in [1.29, 1.82) is 0 Å². The molecular formula is C24H30N4O3. The standard InChI is InChI=1S/C24H30N4O3/c1-30-24-8-3-2-7-22(24)27-12-6-11-26(14-15-27)10-4-5-16-31-21-9-13-28-23(17-21)20(19-29)18-25-28/h2-3,7-9,13,17-19H,4-6,10-12,14-16H2,1H3. The first-order valence-electron chi connectivity index (χ1n) is 10.9. The summed E-state index contributed by atoms with van der Waals surface area (Å²) >= 11 is 0. The van der Waals surface area contributed by atoms with Crippen LogP contribution in [0.5, 0.6) is 11.5 Å². The molecule has 2 aromatic heterocycles. The average molecular weight is 423 g/mol. The molecule has 1 fully saturated rings. The van der Waals surface area contributed by atoms with E-state index in [0.29, 0.717) is 12.2 Å². The van der Waals surface area contributed by atoms with Gasteiger partial charge in [-0.2, -0.15) is 5.10 Å². The summed E-state index contributed by atoms with van der Waals surface area (Å²) in [5.74, 6) is 1.72. The summed E-state index contributed by atoms with van der Waals surface area (Å²) in [4.78, 5) is 16.1. The first-order valence-corrected chi connectivity index (χ1v) is 10.9. The summed E-state index contributed by atoms with van der Waals surface area (Å²) in [7, 11) is 1.74. The maximum atomic E-state index is 11.1. The number of aldehydes is 1. The summed E-state index contributed by atoms with van der Waals surface area (Å²) in [6.45, 7) is 6.01. The normalized spacial score (nSPS) is 15.1. The molecular weight excluding hydrogens is 392 g/mol. The Morgan fingerprint density at radius 2 is 2.00 bits per heavy atom. The van der Waals surface area contributed by atoms with Gasteiger partial charge in [0.2, 0.25) is 0 Å². The SMILES string of the molecule is COc1ccccc1N1CCCN(CCCCOc2ccn3ncc(C=O)c3c2)CC1. The molecule has 0 spiro atoms. The Bertz CT molecular complexity index is 1000. The van der Waals surface area contributed by atoms with Crippen molar-refractivity contribution in [2.45, 2.75) is 19.3 Å². The molecule has 164 valence electrons. The number of methoxy groups -OCH3 is 1. The second kappa shape index (κ2) is 10.3. The number of pyridine rings is 1. The van der Waals surface area contributed by atoms with Crippen LogP contribution in [0.25, 0.3) is 5.52 Å². The molecule has 0 N–H and O–H groups in total. The van der Waals surface area contributed by atoms with Gasteiger partial charge in [-0.05, 0) is 50.6 Å². The van der Waals surface area contributed by atoms with Crippen molar-refractivity contribution in [3.8, 4) is 11.5 Å². The Kier molecular flexibility index (Phi) is 7.04. The van der Waals surface area contributed by atoms with Crippen molar-refractivity contribution in [3.63, 3.8) is 0 Å². The van der Waals surface area contributed by atoms with Crippen molar-refractivity contribution in [2.24, 2.45) is 0 Å². The van der Waals surface area contributed by atoms with Crippen LogP contribution in [0.2, 0.25) is 0 Å². The van der Waals surface area contributed by atoms with E-state index < -0.39 is 0 Å². The maximum Gasteiger partial charge on any atom is 0.153 e. The number of rotatable bonds is 9. The lowest BCUT2D eigenvalue weighted by Crippen LogP contribution is -2.31. The fourth-order valence-corrected chi connectivity index (χ4v) is 4.11. The average Bonchev–Trinajstić information content (AvgIpc) is 3.07. The minimum atomic E-state index is 0.578. The lowest BCUT2D eigenvalue weighted by molar-refractivity contribution is 0.112. The van der Waals surface area contributed by atoms with Gasteiger partial charge in [0.05, 0.1) is 36.7 Å². The van der Waals surface area contributed by atoms with Crippen molar-refractivity contribution in [2.75, 3.05) is 51.3 Å². The molecule has 3 aromatic rings. The zero-order valence-corrected chi connectivity index (χ0v) is 18.1. The monoisotopic (exact) mass is 422 g/mol. The summed E-state index contributed by atoms with van der Waals surface area (Å²) in [6, 6.07) is 12.0. The topological polar surface area (TPSA) is 59.3 Å². The Labute approximate surface area is 183 Å². The van der Waals surface area contributed by atoms with E-state index in [0.717, 1.165) is 75.3 Å². The van der Waals surface area contributed by atoms with Crippen LogP contribution in [0.1, 0.15) is 29.6 Å². The Hall–Kier alpha value is -3.06. The second-order valence-corrected chi connectivity index (χ2v) is 7.82. The second-order valence-electron chi connectivity index (χ2n) is 7.82. The quantitative estimate of drug-likeness (QED) is 0.388. The van der Waals surface area contributed by atoms with E-state index in [9.17, 15) is 4.79 Å². The Morgan fingerprint density at radius 1 is 1.10 bits per heavy atom. The van der Waals surface area contributed by atoms with Crippen molar-refractivity contribution < 1.29 is 14.3 Å². The van der Waals surface area contributed by atoms with Gasteiger partial charge in [0.25, 0.3) is 0 Å². The van der Waals surface area contributed by atoms with E-state index in [4.69, 9.17) is 9.47 Å². The first-order chi connectivity index (χ1) is 15.3. The first kappa shape index (κ1) is 21.2. The van der Waals surface area contributed by atoms with E-state index >= 15 is 0 Å². The number of para-hydroxylation sites is 2. The zero-order valence-electron chi connectivity index (χ0n) is 18.1. The summed E-state index contributed by atoms with van der Waals surface area (Å²) < 4.78 is 13.1. The van der Waals surface area contributed by atoms with Crippen LogP contribution >= 0.6 is 0 Å². The fraction of sp³-hybridized carbons (Fsp3) is 0.417. The van der Waals surface area contributed by atoms with Crippen LogP contribution in [0, 0.1) is 0 Å². The number of benzene rings is 1. The molecule has 0 bridgehead atoms. The fourth-order valence-electron chi connectivity index (χ4n) is 4.11. The molecule has 3 heterocycles. The molecule has 0 amide bonds. The highest BCUT2D eigenvalue weighted by atomic mass is 16.5. The highest BCUT2D eigenvalue weighted by Gasteiger charge is 2.17. The van der Waals surface area contributed by atoms with Gasteiger partial charge in [-0.3, -0.25) is 4.79 Å². The maximum absolute atomic E-state index is 11.1. The van der Waals surface area contributed by atoms with Gasteiger partial charge in [0, 0.05) is 31.9 Å². The minimum absolute atomic E-state index is 0.578. The third-order valence-corrected chi connectivity index (χ3v) is 5.80. The van der Waals surface area contributed by atoms with Gasteiger partial charge in [-0.25, -0.2) is 4.52 Å². The van der Waals surface area contributed by atoms with E-state index in [1.807, 2.05) is 30.5 Å². The number of nitrogens with zero attached hydrogens (tertiary/aromatic N) is 4. The van der Waals surface area contributed by atoms with Crippen molar-refractivity contribution >= 4 is 17.5 Å². The van der Waals surface area contributed by atoms with Crippen LogP contribution in [0.15, 0.2) is 48.8 Å². The van der Waals surface area contributed by atoms with Gasteiger partial charge in [0.1, 0.15) is 11.5 Å². The number of anilines is 1. The van der Waals surface area contributed by atoms with Crippen molar-refractivity contribution in [1.82, 2.24) is 14.5 Å². The predicted molar refractivity (Wildman–Crippen MR) is 122 cm³/mol. The van der Waals surface area contributed by atoms with E-state index in [2.05, 4.69) is 27.0 Å². The lowest BCUT2D eigenvalue weighted by atomic mass is 10.2. The largest absolute Gasteiger partial charge is 0.495 e. The zero-order chi connectivity index (χ0) is 21.5. The molecule has 0 radical (unpaired) electrons. The molecule has 4 rings (SSSR count). The smallest absolute Gasteiger partial charge is 0.153 e. The number of aromatic nitrogens is 2. The third kappa shape index (κ3) is 5.17. The summed E-state index contributed by atoms with van der Waals surface area (Å²) in [6.07, 6.45) is 7.47. The van der Waals surface area contributed by atoms with Gasteiger partial charge in [0.15, 0.2) is 6.29 Å². The van der Waals surface area contributed by atoms with Crippen LogP contribution in [-0.4, -0.2) is 67.2 Å². The number of carbonyl (C=O) groups excluding carboxylic acids is 1. The Balaban J connectivity index is 1.20. The molecule has 1 aliphatic heterocycles. The molecule has 31 heavy (non-hydrogen) atoms. The number of ether oxygens (including phenoxy) is 2. The minimum Gasteiger partial charge on any atom is -0.495 e. The molecule has 0 aliphatic carbocycles. The van der Waals surface area contributed by atoms with Crippen LogP contribution < -0.4 is 14.4 Å². The third-order valence-electron chi connectivity index (χ3n) is 5.80. The van der Waals surface area contributed by atoms with Crippen molar-refractivity contribution in [3.05, 3.63) is 54.4 Å². The van der Waals surface area contributed by atoms with E-state index in [1.165, 1.54) is 5.69 Å². The van der Waals surface area contributed by atoms with Crippen LogP contribution in [0.4, 0.5) is 5.69 Å². The molecule has 0 saturated carbocycles. The lowest BCUT2D eigenvalue weighted by Gasteiger charge is -2.25. The van der Waals surface area contributed by atoms with Crippen LogP contribution in [-0.2, 0) is 0 Å². The highest BCUT2D eigenvalue weighted by Crippen LogP contribution is 2.28. The summed E-state index contributed by atoms with van der Waals surface area (Å²) in [5.41, 5.74) is 2.54. The number of fused-ring (bicyclic) bond motifs is 1. The molecule has 0 unspecified atom stereocenters. The molecule has 0 atom stereocenters.